The fourth-order valence-corrected chi connectivity index (χ4v) is 2.78. The standard InChI is InChI=1S/C17H21NO3/c1-11-3-5-15(6-4-11)18-9-13(8-16(18)19)17(20)21-10-14-7-12(14)2/h3-6,12-14H,7-10H2,1-2H3. The van der Waals surface area contributed by atoms with E-state index in [1.165, 1.54) is 0 Å². The van der Waals surface area contributed by atoms with Gasteiger partial charge >= 0.3 is 5.97 Å². The molecule has 4 nitrogen and oxygen atoms in total. The highest BCUT2D eigenvalue weighted by Crippen LogP contribution is 2.38. The number of hydrogen-bond acceptors (Lipinski definition) is 3. The molecule has 3 unspecified atom stereocenters. The minimum atomic E-state index is -0.326. The van der Waals surface area contributed by atoms with E-state index in [0.717, 1.165) is 17.7 Å². The average molecular weight is 287 g/mol. The third-order valence-electron chi connectivity index (χ3n) is 4.52. The maximum Gasteiger partial charge on any atom is 0.311 e. The number of carbonyl (C=O) groups is 2. The van der Waals surface area contributed by atoms with Crippen molar-refractivity contribution < 1.29 is 14.3 Å². The van der Waals surface area contributed by atoms with E-state index in [1.54, 1.807) is 4.90 Å². The van der Waals surface area contributed by atoms with Gasteiger partial charge in [-0.15, -0.1) is 0 Å². The molecule has 1 aromatic carbocycles. The van der Waals surface area contributed by atoms with Gasteiger partial charge in [0.05, 0.1) is 12.5 Å². The Morgan fingerprint density at radius 2 is 2.00 bits per heavy atom. The summed E-state index contributed by atoms with van der Waals surface area (Å²) in [4.78, 5) is 25.8. The molecule has 112 valence electrons. The van der Waals surface area contributed by atoms with Crippen LogP contribution in [0.5, 0.6) is 0 Å². The first-order valence-electron chi connectivity index (χ1n) is 7.58. The number of amides is 1. The quantitative estimate of drug-likeness (QED) is 0.800. The molecule has 1 saturated carbocycles. The summed E-state index contributed by atoms with van der Waals surface area (Å²) in [5.41, 5.74) is 2.01. The number of esters is 1. The third-order valence-corrected chi connectivity index (χ3v) is 4.52. The number of rotatable bonds is 4. The number of carbonyl (C=O) groups excluding carboxylic acids is 2. The molecule has 0 bridgehead atoms. The van der Waals surface area contributed by atoms with Crippen LogP contribution >= 0.6 is 0 Å². The van der Waals surface area contributed by atoms with Crippen molar-refractivity contribution in [2.24, 2.45) is 17.8 Å². The van der Waals surface area contributed by atoms with Crippen LogP contribution in [0.2, 0.25) is 0 Å². The normalized spacial score (nSPS) is 27.8. The van der Waals surface area contributed by atoms with Gasteiger partial charge in [-0.2, -0.15) is 0 Å². The van der Waals surface area contributed by atoms with Crippen LogP contribution in [0.15, 0.2) is 24.3 Å². The van der Waals surface area contributed by atoms with Crippen molar-refractivity contribution in [3.8, 4) is 0 Å². The number of hydrogen-bond donors (Lipinski definition) is 0. The second kappa shape index (κ2) is 5.51. The van der Waals surface area contributed by atoms with Gasteiger partial charge in [0, 0.05) is 18.7 Å². The Labute approximate surface area is 125 Å². The predicted molar refractivity (Wildman–Crippen MR) is 79.9 cm³/mol. The molecule has 3 atom stereocenters. The first-order chi connectivity index (χ1) is 10.0. The highest BCUT2D eigenvalue weighted by molar-refractivity contribution is 5.99. The molecule has 1 heterocycles. The summed E-state index contributed by atoms with van der Waals surface area (Å²) in [5.74, 6) is 0.650. The van der Waals surface area contributed by atoms with Gasteiger partial charge in [-0.25, -0.2) is 0 Å². The zero-order valence-electron chi connectivity index (χ0n) is 12.5. The van der Waals surface area contributed by atoms with Gasteiger partial charge in [-0.05, 0) is 37.3 Å². The minimum absolute atomic E-state index is 0.000549. The van der Waals surface area contributed by atoms with E-state index in [4.69, 9.17) is 4.74 Å². The Balaban J connectivity index is 1.58. The Kier molecular flexibility index (Phi) is 3.70. The van der Waals surface area contributed by atoms with Crippen LogP contribution in [-0.2, 0) is 14.3 Å². The molecule has 1 amide bonds. The van der Waals surface area contributed by atoms with Crippen molar-refractivity contribution in [2.45, 2.75) is 26.7 Å². The molecule has 2 aliphatic rings. The van der Waals surface area contributed by atoms with Gasteiger partial charge in [0.1, 0.15) is 0 Å². The Morgan fingerprint density at radius 3 is 2.62 bits per heavy atom. The fourth-order valence-electron chi connectivity index (χ4n) is 2.78. The number of ether oxygens (including phenoxy) is 1. The molecule has 1 aromatic rings. The first kappa shape index (κ1) is 14.1. The van der Waals surface area contributed by atoms with Crippen LogP contribution in [-0.4, -0.2) is 25.0 Å². The molecule has 21 heavy (non-hydrogen) atoms. The summed E-state index contributed by atoms with van der Waals surface area (Å²) in [6, 6.07) is 7.80. The van der Waals surface area contributed by atoms with Gasteiger partial charge in [0.2, 0.25) is 5.91 Å². The Morgan fingerprint density at radius 1 is 1.33 bits per heavy atom. The summed E-state index contributed by atoms with van der Waals surface area (Å²) in [7, 11) is 0. The highest BCUT2D eigenvalue weighted by atomic mass is 16.5. The Bertz CT molecular complexity index is 552. The molecular weight excluding hydrogens is 266 g/mol. The van der Waals surface area contributed by atoms with Crippen molar-refractivity contribution in [1.29, 1.82) is 0 Å². The lowest BCUT2D eigenvalue weighted by Crippen LogP contribution is -2.26. The fraction of sp³-hybridized carbons (Fsp3) is 0.529. The number of aryl methyl sites for hydroxylation is 1. The monoisotopic (exact) mass is 287 g/mol. The van der Waals surface area contributed by atoms with Crippen molar-refractivity contribution in [2.75, 3.05) is 18.1 Å². The van der Waals surface area contributed by atoms with Crippen LogP contribution in [0.3, 0.4) is 0 Å². The summed E-state index contributed by atoms with van der Waals surface area (Å²) >= 11 is 0. The molecule has 0 radical (unpaired) electrons. The van der Waals surface area contributed by atoms with E-state index in [1.807, 2.05) is 31.2 Å². The highest BCUT2D eigenvalue weighted by Gasteiger charge is 2.38. The summed E-state index contributed by atoms with van der Waals surface area (Å²) < 4.78 is 5.35. The molecule has 3 rings (SSSR count). The van der Waals surface area contributed by atoms with Crippen molar-refractivity contribution >= 4 is 17.6 Å². The van der Waals surface area contributed by atoms with Crippen LogP contribution in [0.25, 0.3) is 0 Å². The van der Waals surface area contributed by atoms with Crippen molar-refractivity contribution in [3.63, 3.8) is 0 Å². The van der Waals surface area contributed by atoms with E-state index < -0.39 is 0 Å². The van der Waals surface area contributed by atoms with Crippen LogP contribution in [0, 0.1) is 24.7 Å². The summed E-state index contributed by atoms with van der Waals surface area (Å²) in [5, 5.41) is 0. The number of anilines is 1. The number of nitrogens with zero attached hydrogens (tertiary/aromatic N) is 1. The van der Waals surface area contributed by atoms with Gasteiger partial charge in [0.25, 0.3) is 0 Å². The second-order valence-corrected chi connectivity index (χ2v) is 6.34. The molecular formula is C17H21NO3. The van der Waals surface area contributed by atoms with Gasteiger partial charge in [-0.1, -0.05) is 24.6 Å². The SMILES string of the molecule is Cc1ccc(N2CC(C(=O)OCC3CC3C)CC2=O)cc1. The van der Waals surface area contributed by atoms with E-state index in [-0.39, 0.29) is 24.2 Å². The van der Waals surface area contributed by atoms with Gasteiger partial charge in [-0.3, -0.25) is 9.59 Å². The van der Waals surface area contributed by atoms with E-state index >= 15 is 0 Å². The maximum atomic E-state index is 12.1. The average Bonchev–Trinajstić information content (AvgIpc) is 3.03. The molecule has 0 N–H and O–H groups in total. The zero-order valence-corrected chi connectivity index (χ0v) is 12.5. The molecule has 2 fully saturated rings. The molecule has 4 heteroatoms. The summed E-state index contributed by atoms with van der Waals surface area (Å²) in [6.45, 7) is 5.11. The van der Waals surface area contributed by atoms with E-state index in [0.29, 0.717) is 25.0 Å². The molecule has 0 spiro atoms. The molecule has 1 saturated heterocycles. The largest absolute Gasteiger partial charge is 0.465 e. The van der Waals surface area contributed by atoms with Crippen LogP contribution in [0.1, 0.15) is 25.3 Å². The lowest BCUT2D eigenvalue weighted by molar-refractivity contribution is -0.148. The maximum absolute atomic E-state index is 12.1. The van der Waals surface area contributed by atoms with E-state index in [2.05, 4.69) is 6.92 Å². The minimum Gasteiger partial charge on any atom is -0.465 e. The number of benzene rings is 1. The topological polar surface area (TPSA) is 46.6 Å². The molecule has 0 aromatic heterocycles. The van der Waals surface area contributed by atoms with Crippen LogP contribution in [0.4, 0.5) is 5.69 Å². The van der Waals surface area contributed by atoms with Crippen molar-refractivity contribution in [1.82, 2.24) is 0 Å². The van der Waals surface area contributed by atoms with Crippen LogP contribution < -0.4 is 4.90 Å². The molecule has 1 aliphatic heterocycles. The molecule has 1 aliphatic carbocycles. The third kappa shape index (κ3) is 3.09. The Hall–Kier alpha value is -1.84. The zero-order chi connectivity index (χ0) is 15.0. The smallest absolute Gasteiger partial charge is 0.311 e. The lowest BCUT2D eigenvalue weighted by Gasteiger charge is -2.16. The van der Waals surface area contributed by atoms with Gasteiger partial charge in [0.15, 0.2) is 0 Å². The second-order valence-electron chi connectivity index (χ2n) is 6.34. The summed E-state index contributed by atoms with van der Waals surface area (Å²) in [6.07, 6.45) is 1.40. The predicted octanol–water partition coefficient (Wildman–Crippen LogP) is 2.55. The van der Waals surface area contributed by atoms with Gasteiger partial charge < -0.3 is 9.64 Å². The van der Waals surface area contributed by atoms with E-state index in [9.17, 15) is 9.59 Å². The first-order valence-corrected chi connectivity index (χ1v) is 7.58. The lowest BCUT2D eigenvalue weighted by atomic mass is 10.1. The van der Waals surface area contributed by atoms with Crippen molar-refractivity contribution in [3.05, 3.63) is 29.8 Å².